The van der Waals surface area contributed by atoms with Gasteiger partial charge in [-0.15, -0.1) is 11.3 Å². The largest absolute Gasteiger partial charge is 0.304 e. The van der Waals surface area contributed by atoms with E-state index in [1.54, 1.807) is 11.0 Å². The highest BCUT2D eigenvalue weighted by Crippen LogP contribution is 2.39. The summed E-state index contributed by atoms with van der Waals surface area (Å²) in [6, 6.07) is 12.4. The number of rotatable bonds is 1. The number of nitrogens with zero attached hydrogens (tertiary/aromatic N) is 1. The number of fused-ring (bicyclic) bond motifs is 2. The molecule has 1 aliphatic rings. The molecule has 0 fully saturated rings. The summed E-state index contributed by atoms with van der Waals surface area (Å²) in [4.78, 5) is 15.3. The molecule has 0 saturated heterocycles. The SMILES string of the molecule is CC1Cc2ccccc2N1C(=O)c1sc2cc(F)ccc2c1Cl. The van der Waals surface area contributed by atoms with Gasteiger partial charge >= 0.3 is 0 Å². The van der Waals surface area contributed by atoms with Crippen molar-refractivity contribution >= 4 is 44.6 Å². The van der Waals surface area contributed by atoms with Crippen molar-refractivity contribution in [2.75, 3.05) is 4.90 Å². The summed E-state index contributed by atoms with van der Waals surface area (Å²) in [6.07, 6.45) is 0.832. The number of thiophene rings is 1. The van der Waals surface area contributed by atoms with Gasteiger partial charge in [0.05, 0.1) is 5.02 Å². The van der Waals surface area contributed by atoms with E-state index < -0.39 is 0 Å². The molecule has 0 radical (unpaired) electrons. The molecule has 2 nitrogen and oxygen atoms in total. The van der Waals surface area contributed by atoms with Crippen molar-refractivity contribution in [3.63, 3.8) is 0 Å². The molecule has 1 atom stereocenters. The number of carbonyl (C=O) groups is 1. The smallest absolute Gasteiger partial charge is 0.270 e. The lowest BCUT2D eigenvalue weighted by Crippen LogP contribution is -2.35. The molecule has 2 heterocycles. The van der Waals surface area contributed by atoms with Gasteiger partial charge < -0.3 is 4.90 Å². The standard InChI is InChI=1S/C18H13ClFNOS/c1-10-8-11-4-2-3-5-14(11)21(10)18(22)17-16(19)13-7-6-12(20)9-15(13)23-17/h2-7,9-10H,8H2,1H3. The fourth-order valence-electron chi connectivity index (χ4n) is 3.16. The number of amides is 1. The maximum Gasteiger partial charge on any atom is 0.270 e. The minimum absolute atomic E-state index is 0.0814. The van der Waals surface area contributed by atoms with E-state index in [1.165, 1.54) is 23.5 Å². The average Bonchev–Trinajstić information content (AvgIpc) is 3.03. The van der Waals surface area contributed by atoms with Crippen molar-refractivity contribution in [2.24, 2.45) is 0 Å². The molecule has 1 aliphatic heterocycles. The highest BCUT2D eigenvalue weighted by molar-refractivity contribution is 7.21. The number of hydrogen-bond acceptors (Lipinski definition) is 2. The predicted molar refractivity (Wildman–Crippen MR) is 93.2 cm³/mol. The van der Waals surface area contributed by atoms with Crippen LogP contribution < -0.4 is 4.90 Å². The van der Waals surface area contributed by atoms with Crippen LogP contribution in [-0.2, 0) is 6.42 Å². The fourth-order valence-corrected chi connectivity index (χ4v) is 4.64. The number of anilines is 1. The summed E-state index contributed by atoms with van der Waals surface area (Å²) in [5, 5.41) is 1.13. The number of benzene rings is 2. The summed E-state index contributed by atoms with van der Waals surface area (Å²) in [5.74, 6) is -0.441. The molecule has 1 unspecified atom stereocenters. The Morgan fingerprint density at radius 3 is 2.91 bits per heavy atom. The lowest BCUT2D eigenvalue weighted by Gasteiger charge is -2.22. The number of carbonyl (C=O) groups excluding carboxylic acids is 1. The molecule has 3 aromatic rings. The fraction of sp³-hybridized carbons (Fsp3) is 0.167. The quantitative estimate of drug-likeness (QED) is 0.587. The summed E-state index contributed by atoms with van der Waals surface area (Å²) >= 11 is 7.64. The zero-order chi connectivity index (χ0) is 16.1. The molecule has 5 heteroatoms. The van der Waals surface area contributed by atoms with Gasteiger partial charge in [0.2, 0.25) is 0 Å². The van der Waals surface area contributed by atoms with Crippen molar-refractivity contribution < 1.29 is 9.18 Å². The Morgan fingerprint density at radius 1 is 1.30 bits per heavy atom. The number of para-hydroxylation sites is 1. The highest BCUT2D eigenvalue weighted by Gasteiger charge is 2.33. The topological polar surface area (TPSA) is 20.3 Å². The third kappa shape index (κ3) is 2.25. The Morgan fingerprint density at radius 2 is 2.09 bits per heavy atom. The van der Waals surface area contributed by atoms with E-state index >= 15 is 0 Å². The average molecular weight is 346 g/mol. The van der Waals surface area contributed by atoms with Crippen molar-refractivity contribution in [2.45, 2.75) is 19.4 Å². The Kier molecular flexibility index (Phi) is 3.39. The molecule has 2 aromatic carbocycles. The second-order valence-corrected chi connectivity index (χ2v) is 7.17. The molecule has 1 aromatic heterocycles. The first-order valence-electron chi connectivity index (χ1n) is 7.35. The van der Waals surface area contributed by atoms with E-state index in [4.69, 9.17) is 11.6 Å². The zero-order valence-electron chi connectivity index (χ0n) is 12.3. The normalized spacial score (nSPS) is 16.8. The van der Waals surface area contributed by atoms with Gasteiger partial charge in [-0.2, -0.15) is 0 Å². The second-order valence-electron chi connectivity index (χ2n) is 5.74. The van der Waals surface area contributed by atoms with E-state index in [0.29, 0.717) is 14.6 Å². The molecule has 0 aliphatic carbocycles. The number of hydrogen-bond donors (Lipinski definition) is 0. The van der Waals surface area contributed by atoms with Crippen molar-refractivity contribution in [1.82, 2.24) is 0 Å². The van der Waals surface area contributed by atoms with Crippen LogP contribution >= 0.6 is 22.9 Å². The van der Waals surface area contributed by atoms with Gasteiger partial charge in [0.1, 0.15) is 10.7 Å². The maximum absolute atomic E-state index is 13.4. The third-order valence-electron chi connectivity index (χ3n) is 4.21. The van der Waals surface area contributed by atoms with Crippen LogP contribution in [0.5, 0.6) is 0 Å². The van der Waals surface area contributed by atoms with Gasteiger partial charge in [-0.25, -0.2) is 4.39 Å². The molecule has 4 rings (SSSR count). The van der Waals surface area contributed by atoms with Gasteiger partial charge in [0, 0.05) is 21.8 Å². The zero-order valence-corrected chi connectivity index (χ0v) is 13.9. The third-order valence-corrected chi connectivity index (χ3v) is 5.86. The molecular weight excluding hydrogens is 333 g/mol. The first-order chi connectivity index (χ1) is 11.1. The van der Waals surface area contributed by atoms with E-state index in [1.807, 2.05) is 31.2 Å². The summed E-state index contributed by atoms with van der Waals surface area (Å²) in [5.41, 5.74) is 2.10. The molecule has 23 heavy (non-hydrogen) atoms. The van der Waals surface area contributed by atoms with Crippen LogP contribution in [0.2, 0.25) is 5.02 Å². The minimum Gasteiger partial charge on any atom is -0.304 e. The van der Waals surface area contributed by atoms with Crippen LogP contribution in [0.1, 0.15) is 22.2 Å². The molecule has 0 bridgehead atoms. The first kappa shape index (κ1) is 14.7. The van der Waals surface area contributed by atoms with Gasteiger partial charge in [-0.1, -0.05) is 29.8 Å². The van der Waals surface area contributed by atoms with Crippen LogP contribution in [0.15, 0.2) is 42.5 Å². The lowest BCUT2D eigenvalue weighted by molar-refractivity contribution is 0.0985. The first-order valence-corrected chi connectivity index (χ1v) is 8.54. The van der Waals surface area contributed by atoms with Crippen LogP contribution in [0.25, 0.3) is 10.1 Å². The molecular formula is C18H13ClFNOS. The van der Waals surface area contributed by atoms with E-state index in [2.05, 4.69) is 0 Å². The van der Waals surface area contributed by atoms with E-state index in [0.717, 1.165) is 23.1 Å². The van der Waals surface area contributed by atoms with E-state index in [9.17, 15) is 9.18 Å². The van der Waals surface area contributed by atoms with Crippen LogP contribution in [-0.4, -0.2) is 11.9 Å². The van der Waals surface area contributed by atoms with Gasteiger partial charge in [0.15, 0.2) is 0 Å². The van der Waals surface area contributed by atoms with Crippen LogP contribution in [0.4, 0.5) is 10.1 Å². The Balaban J connectivity index is 1.82. The monoisotopic (exact) mass is 345 g/mol. The molecule has 0 N–H and O–H groups in total. The summed E-state index contributed by atoms with van der Waals surface area (Å²) in [6.45, 7) is 2.03. The van der Waals surface area contributed by atoms with Crippen molar-refractivity contribution in [1.29, 1.82) is 0 Å². The molecule has 1 amide bonds. The van der Waals surface area contributed by atoms with Gasteiger partial charge in [-0.3, -0.25) is 4.79 Å². The lowest BCUT2D eigenvalue weighted by atomic mass is 10.1. The number of halogens is 2. The highest BCUT2D eigenvalue weighted by atomic mass is 35.5. The maximum atomic E-state index is 13.4. The molecule has 116 valence electrons. The van der Waals surface area contributed by atoms with E-state index in [-0.39, 0.29) is 17.8 Å². The van der Waals surface area contributed by atoms with Crippen LogP contribution in [0.3, 0.4) is 0 Å². The predicted octanol–water partition coefficient (Wildman–Crippen LogP) is 5.29. The Labute approximate surface area is 142 Å². The Bertz CT molecular complexity index is 936. The van der Waals surface area contributed by atoms with Gasteiger partial charge in [-0.05, 0) is 43.2 Å². The Hall–Kier alpha value is -1.91. The van der Waals surface area contributed by atoms with Crippen LogP contribution in [0, 0.1) is 5.82 Å². The molecule has 0 spiro atoms. The molecule has 0 saturated carbocycles. The summed E-state index contributed by atoms with van der Waals surface area (Å²) in [7, 11) is 0. The van der Waals surface area contributed by atoms with Crippen molar-refractivity contribution in [3.8, 4) is 0 Å². The second kappa shape index (κ2) is 5.32. The minimum atomic E-state index is -0.325. The van der Waals surface area contributed by atoms with Crippen molar-refractivity contribution in [3.05, 3.63) is 63.7 Å². The van der Waals surface area contributed by atoms with Gasteiger partial charge in [0.25, 0.3) is 5.91 Å². The summed E-state index contributed by atoms with van der Waals surface area (Å²) < 4.78 is 14.1.